The normalized spacial score (nSPS) is 10.6. The molecule has 1 heterocycles. The second-order valence-electron chi connectivity index (χ2n) is 3.19. The molecule has 0 radical (unpaired) electrons. The van der Waals surface area contributed by atoms with Crippen LogP contribution in [0.2, 0.25) is 0 Å². The van der Waals surface area contributed by atoms with Crippen LogP contribution in [0, 0.1) is 17.5 Å². The van der Waals surface area contributed by atoms with Gasteiger partial charge in [0.25, 0.3) is 0 Å². The molecule has 1 aromatic heterocycles. The third-order valence-electron chi connectivity index (χ3n) is 2.15. The SMILES string of the molecule is Cc1cc(F)c(Br)cc1-n1cc[nH]c1=S. The second-order valence-corrected chi connectivity index (χ2v) is 4.43. The van der Waals surface area contributed by atoms with Gasteiger partial charge in [0.15, 0.2) is 4.77 Å². The van der Waals surface area contributed by atoms with Crippen molar-refractivity contribution in [2.45, 2.75) is 6.92 Å². The van der Waals surface area contributed by atoms with E-state index in [1.807, 2.05) is 13.1 Å². The summed E-state index contributed by atoms with van der Waals surface area (Å²) in [7, 11) is 0. The summed E-state index contributed by atoms with van der Waals surface area (Å²) in [6.45, 7) is 1.85. The van der Waals surface area contributed by atoms with Crippen LogP contribution in [0.25, 0.3) is 5.69 Å². The third kappa shape index (κ3) is 1.89. The highest BCUT2D eigenvalue weighted by atomic mass is 79.9. The fourth-order valence-corrected chi connectivity index (χ4v) is 1.96. The van der Waals surface area contributed by atoms with Crippen molar-refractivity contribution < 1.29 is 4.39 Å². The summed E-state index contributed by atoms with van der Waals surface area (Å²) < 4.78 is 16.0. The number of halogens is 2. The Balaban J connectivity index is 2.69. The van der Waals surface area contributed by atoms with E-state index in [0.717, 1.165) is 11.3 Å². The largest absolute Gasteiger partial charge is 0.337 e. The molecule has 1 N–H and O–H groups in total. The maximum atomic E-state index is 13.2. The molecule has 0 atom stereocenters. The van der Waals surface area contributed by atoms with Gasteiger partial charge in [-0.1, -0.05) is 0 Å². The summed E-state index contributed by atoms with van der Waals surface area (Å²) in [4.78, 5) is 2.90. The Labute approximate surface area is 99.9 Å². The molecular weight excluding hydrogens is 279 g/mol. The maximum absolute atomic E-state index is 13.2. The molecule has 0 amide bonds. The van der Waals surface area contributed by atoms with E-state index in [0.29, 0.717) is 9.24 Å². The fourth-order valence-electron chi connectivity index (χ4n) is 1.41. The van der Waals surface area contributed by atoms with E-state index in [2.05, 4.69) is 20.9 Å². The second kappa shape index (κ2) is 3.90. The third-order valence-corrected chi connectivity index (χ3v) is 3.07. The molecule has 0 aliphatic heterocycles. The van der Waals surface area contributed by atoms with Gasteiger partial charge in [0.1, 0.15) is 5.82 Å². The number of H-pyrrole nitrogens is 1. The number of nitrogens with zero attached hydrogens (tertiary/aromatic N) is 1. The number of hydrogen-bond donors (Lipinski definition) is 1. The summed E-state index contributed by atoms with van der Waals surface area (Å²) in [6, 6.07) is 3.20. The first-order chi connectivity index (χ1) is 7.09. The van der Waals surface area contributed by atoms with Crippen molar-refractivity contribution >= 4 is 28.1 Å². The van der Waals surface area contributed by atoms with Crippen molar-refractivity contribution in [3.8, 4) is 5.69 Å². The smallest absolute Gasteiger partial charge is 0.181 e. The number of rotatable bonds is 1. The van der Waals surface area contributed by atoms with E-state index >= 15 is 0 Å². The quantitative estimate of drug-likeness (QED) is 0.792. The molecule has 2 rings (SSSR count). The van der Waals surface area contributed by atoms with E-state index in [1.165, 1.54) is 6.07 Å². The standard InChI is InChI=1S/C10H8BrFN2S/c1-6-4-8(12)7(11)5-9(6)14-3-2-13-10(14)15/h2-5H,1H3,(H,13,15). The molecule has 5 heteroatoms. The van der Waals surface area contributed by atoms with E-state index < -0.39 is 0 Å². The first-order valence-corrected chi connectivity index (χ1v) is 5.52. The Hall–Kier alpha value is -0.940. The number of imidazole rings is 1. The highest BCUT2D eigenvalue weighted by molar-refractivity contribution is 9.10. The van der Waals surface area contributed by atoms with Crippen molar-refractivity contribution in [3.63, 3.8) is 0 Å². The average molecular weight is 287 g/mol. The maximum Gasteiger partial charge on any atom is 0.181 e. The molecule has 0 saturated carbocycles. The molecule has 0 aliphatic rings. The van der Waals surface area contributed by atoms with Gasteiger partial charge >= 0.3 is 0 Å². The lowest BCUT2D eigenvalue weighted by Gasteiger charge is -2.07. The predicted octanol–water partition coefficient (Wildman–Crippen LogP) is 3.74. The van der Waals surface area contributed by atoms with Crippen LogP contribution in [0.3, 0.4) is 0 Å². The van der Waals surface area contributed by atoms with Gasteiger partial charge in [-0.15, -0.1) is 0 Å². The van der Waals surface area contributed by atoms with Crippen LogP contribution < -0.4 is 0 Å². The molecule has 0 bridgehead atoms. The Morgan fingerprint density at radius 1 is 1.47 bits per heavy atom. The molecule has 0 unspecified atom stereocenters. The monoisotopic (exact) mass is 286 g/mol. The molecule has 2 nitrogen and oxygen atoms in total. The predicted molar refractivity (Wildman–Crippen MR) is 63.3 cm³/mol. The van der Waals surface area contributed by atoms with E-state index in [1.54, 1.807) is 16.8 Å². The highest BCUT2D eigenvalue weighted by Gasteiger charge is 2.07. The minimum absolute atomic E-state index is 0.265. The Morgan fingerprint density at radius 2 is 2.20 bits per heavy atom. The zero-order valence-corrected chi connectivity index (χ0v) is 10.3. The van der Waals surface area contributed by atoms with Crippen LogP contribution in [0.1, 0.15) is 5.56 Å². The van der Waals surface area contributed by atoms with Gasteiger partial charge < -0.3 is 4.98 Å². The number of aromatic amines is 1. The topological polar surface area (TPSA) is 20.7 Å². The van der Waals surface area contributed by atoms with Gasteiger partial charge in [0.2, 0.25) is 0 Å². The lowest BCUT2D eigenvalue weighted by molar-refractivity contribution is 0.619. The zero-order valence-electron chi connectivity index (χ0n) is 7.92. The Bertz CT molecular complexity index is 559. The number of hydrogen-bond acceptors (Lipinski definition) is 1. The zero-order chi connectivity index (χ0) is 11.0. The van der Waals surface area contributed by atoms with Crippen molar-refractivity contribution in [1.29, 1.82) is 0 Å². The first-order valence-electron chi connectivity index (χ1n) is 4.31. The minimum Gasteiger partial charge on any atom is -0.337 e. The van der Waals surface area contributed by atoms with Crippen LogP contribution >= 0.6 is 28.1 Å². The molecule has 0 fully saturated rings. The molecule has 78 valence electrons. The fraction of sp³-hybridized carbons (Fsp3) is 0.100. The molecule has 0 spiro atoms. The van der Waals surface area contributed by atoms with E-state index in [-0.39, 0.29) is 5.82 Å². The van der Waals surface area contributed by atoms with Gasteiger partial charge in [0.05, 0.1) is 10.2 Å². The van der Waals surface area contributed by atoms with Crippen molar-refractivity contribution in [2.75, 3.05) is 0 Å². The van der Waals surface area contributed by atoms with Crippen LogP contribution in [-0.2, 0) is 0 Å². The summed E-state index contributed by atoms with van der Waals surface area (Å²) in [5, 5.41) is 0. The number of aromatic nitrogens is 2. The summed E-state index contributed by atoms with van der Waals surface area (Å²) in [6.07, 6.45) is 3.56. The lowest BCUT2D eigenvalue weighted by Crippen LogP contribution is -1.97. The van der Waals surface area contributed by atoms with Crippen molar-refractivity contribution in [3.05, 3.63) is 45.2 Å². The van der Waals surface area contributed by atoms with Crippen LogP contribution in [0.5, 0.6) is 0 Å². The molecule has 1 aromatic carbocycles. The van der Waals surface area contributed by atoms with Gasteiger partial charge in [-0.2, -0.15) is 0 Å². The van der Waals surface area contributed by atoms with Crippen LogP contribution in [-0.4, -0.2) is 9.55 Å². The summed E-state index contributed by atoms with van der Waals surface area (Å²) in [5.74, 6) is -0.265. The van der Waals surface area contributed by atoms with Crippen LogP contribution in [0.15, 0.2) is 29.0 Å². The van der Waals surface area contributed by atoms with Gasteiger partial charge in [-0.05, 0) is 52.8 Å². The van der Waals surface area contributed by atoms with Gasteiger partial charge in [-0.3, -0.25) is 4.57 Å². The van der Waals surface area contributed by atoms with E-state index in [9.17, 15) is 4.39 Å². The lowest BCUT2D eigenvalue weighted by atomic mass is 10.2. The summed E-state index contributed by atoms with van der Waals surface area (Å²) in [5.41, 5.74) is 1.71. The molecule has 0 saturated heterocycles. The minimum atomic E-state index is -0.265. The Kier molecular flexibility index (Phi) is 2.75. The molecule has 0 aliphatic carbocycles. The molecule has 2 aromatic rings. The van der Waals surface area contributed by atoms with Gasteiger partial charge in [0, 0.05) is 12.4 Å². The highest BCUT2D eigenvalue weighted by Crippen LogP contribution is 2.23. The number of benzene rings is 1. The van der Waals surface area contributed by atoms with Crippen molar-refractivity contribution in [2.24, 2.45) is 0 Å². The first kappa shape index (κ1) is 10.6. The van der Waals surface area contributed by atoms with Gasteiger partial charge in [-0.25, -0.2) is 4.39 Å². The molecular formula is C10H8BrFN2S. The average Bonchev–Trinajstić information content (AvgIpc) is 2.58. The van der Waals surface area contributed by atoms with Crippen LogP contribution in [0.4, 0.5) is 4.39 Å². The molecule has 15 heavy (non-hydrogen) atoms. The summed E-state index contributed by atoms with van der Waals surface area (Å²) >= 11 is 8.26. The van der Waals surface area contributed by atoms with E-state index in [4.69, 9.17) is 12.2 Å². The Morgan fingerprint density at radius 3 is 2.80 bits per heavy atom. The number of aryl methyl sites for hydroxylation is 1. The number of nitrogens with one attached hydrogen (secondary N) is 1. The van der Waals surface area contributed by atoms with Crippen molar-refractivity contribution in [1.82, 2.24) is 9.55 Å².